The van der Waals surface area contributed by atoms with Crippen LogP contribution in [0.1, 0.15) is 53.9 Å². The molecule has 0 atom stereocenters. The number of benzene rings is 2. The standard InChI is InChI=1S/C24H26N4O/c1-3-16-12-14-18(15-13-16)25-24-27-20-10-7-11-21(29)22(20)23(28-24)26-19-9-6-5-8-17(19)4-2/h5-6,8-9,12-15H,3-4,7,10-11H2,1-2H3,(H2,25,26,27,28). The number of nitrogens with zero attached hydrogens (tertiary/aromatic N) is 2. The van der Waals surface area contributed by atoms with E-state index in [1.165, 1.54) is 11.1 Å². The van der Waals surface area contributed by atoms with Crippen LogP contribution in [0.25, 0.3) is 0 Å². The smallest absolute Gasteiger partial charge is 0.229 e. The number of nitrogens with one attached hydrogen (secondary N) is 2. The molecule has 3 aromatic rings. The maximum absolute atomic E-state index is 12.7. The SMILES string of the molecule is CCc1ccc(Nc2nc3c(c(Nc4ccccc4CC)n2)C(=O)CCC3)cc1. The number of ketones is 1. The van der Waals surface area contributed by atoms with Crippen molar-refractivity contribution in [3.8, 4) is 0 Å². The van der Waals surface area contributed by atoms with Crippen molar-refractivity contribution in [2.24, 2.45) is 0 Å². The molecule has 0 spiro atoms. The average molecular weight is 386 g/mol. The molecule has 2 aromatic carbocycles. The van der Waals surface area contributed by atoms with Crippen LogP contribution < -0.4 is 10.6 Å². The highest BCUT2D eigenvalue weighted by Gasteiger charge is 2.25. The molecule has 0 radical (unpaired) electrons. The second-order valence-corrected chi connectivity index (χ2v) is 7.31. The van der Waals surface area contributed by atoms with Gasteiger partial charge in [-0.2, -0.15) is 4.98 Å². The third-order valence-electron chi connectivity index (χ3n) is 5.35. The Hall–Kier alpha value is -3.21. The molecule has 5 nitrogen and oxygen atoms in total. The Labute approximate surface area is 171 Å². The van der Waals surface area contributed by atoms with E-state index in [0.29, 0.717) is 23.8 Å². The summed E-state index contributed by atoms with van der Waals surface area (Å²) in [7, 11) is 0. The van der Waals surface area contributed by atoms with Crippen LogP contribution in [0.15, 0.2) is 48.5 Å². The van der Waals surface area contributed by atoms with Gasteiger partial charge in [-0.1, -0.05) is 44.2 Å². The number of rotatable bonds is 6. The number of para-hydroxylation sites is 1. The van der Waals surface area contributed by atoms with E-state index in [1.807, 2.05) is 30.3 Å². The lowest BCUT2D eigenvalue weighted by atomic mass is 9.95. The molecule has 1 aliphatic rings. The number of carbonyl (C=O) groups excluding carboxylic acids is 1. The van der Waals surface area contributed by atoms with Crippen molar-refractivity contribution >= 4 is 28.9 Å². The number of aryl methyl sites for hydroxylation is 3. The minimum Gasteiger partial charge on any atom is -0.339 e. The largest absolute Gasteiger partial charge is 0.339 e. The second kappa shape index (κ2) is 8.43. The lowest BCUT2D eigenvalue weighted by Crippen LogP contribution is -2.18. The first-order valence-electron chi connectivity index (χ1n) is 10.3. The Morgan fingerprint density at radius 1 is 0.897 bits per heavy atom. The fourth-order valence-electron chi connectivity index (χ4n) is 3.70. The van der Waals surface area contributed by atoms with Gasteiger partial charge >= 0.3 is 0 Å². The summed E-state index contributed by atoms with van der Waals surface area (Å²) < 4.78 is 0. The minimum absolute atomic E-state index is 0.113. The molecule has 0 saturated heterocycles. The molecule has 0 bridgehead atoms. The normalized spacial score (nSPS) is 13.1. The Morgan fingerprint density at radius 3 is 2.45 bits per heavy atom. The van der Waals surface area contributed by atoms with E-state index in [-0.39, 0.29) is 5.78 Å². The van der Waals surface area contributed by atoms with Crippen LogP contribution in [0.5, 0.6) is 0 Å². The molecule has 0 fully saturated rings. The fraction of sp³-hybridized carbons (Fsp3) is 0.292. The number of fused-ring (bicyclic) bond motifs is 1. The molecule has 1 heterocycles. The number of aromatic nitrogens is 2. The highest BCUT2D eigenvalue weighted by molar-refractivity contribution is 6.03. The van der Waals surface area contributed by atoms with E-state index < -0.39 is 0 Å². The summed E-state index contributed by atoms with van der Waals surface area (Å²) >= 11 is 0. The summed E-state index contributed by atoms with van der Waals surface area (Å²) in [4.78, 5) is 22.0. The number of hydrogen-bond donors (Lipinski definition) is 2. The zero-order chi connectivity index (χ0) is 20.2. The van der Waals surface area contributed by atoms with Crippen molar-refractivity contribution in [3.05, 3.63) is 70.9 Å². The summed E-state index contributed by atoms with van der Waals surface area (Å²) in [6, 6.07) is 16.4. The number of hydrogen-bond acceptors (Lipinski definition) is 5. The van der Waals surface area contributed by atoms with Crippen LogP contribution in [0.2, 0.25) is 0 Å². The number of Topliss-reactive ketones (excluding diaryl/α,β-unsaturated/α-hetero) is 1. The first-order chi connectivity index (χ1) is 14.2. The highest BCUT2D eigenvalue weighted by Crippen LogP contribution is 2.31. The van der Waals surface area contributed by atoms with Gasteiger partial charge in [-0.3, -0.25) is 4.79 Å². The van der Waals surface area contributed by atoms with Crippen LogP contribution in [0.4, 0.5) is 23.1 Å². The van der Waals surface area contributed by atoms with E-state index in [9.17, 15) is 4.79 Å². The van der Waals surface area contributed by atoms with Gasteiger partial charge in [0.25, 0.3) is 0 Å². The van der Waals surface area contributed by atoms with Gasteiger partial charge in [-0.15, -0.1) is 0 Å². The van der Waals surface area contributed by atoms with Gasteiger partial charge < -0.3 is 10.6 Å². The van der Waals surface area contributed by atoms with Gasteiger partial charge in [0.15, 0.2) is 5.78 Å². The summed E-state index contributed by atoms with van der Waals surface area (Å²) in [6.07, 6.45) is 4.07. The third-order valence-corrected chi connectivity index (χ3v) is 5.35. The summed E-state index contributed by atoms with van der Waals surface area (Å²) in [5.74, 6) is 1.22. The van der Waals surface area contributed by atoms with Gasteiger partial charge in [0, 0.05) is 17.8 Å². The van der Waals surface area contributed by atoms with Gasteiger partial charge in [-0.05, 0) is 55.0 Å². The van der Waals surface area contributed by atoms with E-state index in [1.54, 1.807) is 0 Å². The molecule has 29 heavy (non-hydrogen) atoms. The molecule has 0 aliphatic heterocycles. The Morgan fingerprint density at radius 2 is 1.69 bits per heavy atom. The Bertz CT molecular complexity index is 1030. The Kier molecular flexibility index (Phi) is 5.56. The summed E-state index contributed by atoms with van der Waals surface area (Å²) in [5, 5.41) is 6.72. The predicted octanol–water partition coefficient (Wildman–Crippen LogP) is 5.61. The zero-order valence-electron chi connectivity index (χ0n) is 17.0. The van der Waals surface area contributed by atoms with Crippen molar-refractivity contribution in [1.82, 2.24) is 9.97 Å². The zero-order valence-corrected chi connectivity index (χ0v) is 17.0. The topological polar surface area (TPSA) is 66.9 Å². The maximum Gasteiger partial charge on any atom is 0.229 e. The summed E-state index contributed by atoms with van der Waals surface area (Å²) in [6.45, 7) is 4.26. The van der Waals surface area contributed by atoms with Crippen molar-refractivity contribution < 1.29 is 4.79 Å². The molecular weight excluding hydrogens is 360 g/mol. The van der Waals surface area contributed by atoms with Crippen molar-refractivity contribution in [1.29, 1.82) is 0 Å². The van der Waals surface area contributed by atoms with Crippen molar-refractivity contribution in [2.75, 3.05) is 10.6 Å². The lowest BCUT2D eigenvalue weighted by Gasteiger charge is -2.20. The van der Waals surface area contributed by atoms with Gasteiger partial charge in [-0.25, -0.2) is 4.98 Å². The van der Waals surface area contributed by atoms with Crippen LogP contribution >= 0.6 is 0 Å². The Balaban J connectivity index is 1.72. The minimum atomic E-state index is 0.113. The monoisotopic (exact) mass is 386 g/mol. The van der Waals surface area contributed by atoms with E-state index in [0.717, 1.165) is 42.8 Å². The number of carbonyl (C=O) groups is 1. The molecule has 1 aromatic heterocycles. The fourth-order valence-corrected chi connectivity index (χ4v) is 3.70. The lowest BCUT2D eigenvalue weighted by molar-refractivity contribution is 0.0972. The van der Waals surface area contributed by atoms with E-state index in [4.69, 9.17) is 4.98 Å². The molecule has 4 rings (SSSR count). The quantitative estimate of drug-likeness (QED) is 0.576. The second-order valence-electron chi connectivity index (χ2n) is 7.31. The molecule has 2 N–H and O–H groups in total. The molecular formula is C24H26N4O. The van der Waals surface area contributed by atoms with E-state index >= 15 is 0 Å². The first kappa shape index (κ1) is 19.1. The summed E-state index contributed by atoms with van der Waals surface area (Å²) in [5.41, 5.74) is 5.84. The highest BCUT2D eigenvalue weighted by atomic mass is 16.1. The number of anilines is 4. The first-order valence-corrected chi connectivity index (χ1v) is 10.3. The predicted molar refractivity (Wildman–Crippen MR) is 118 cm³/mol. The van der Waals surface area contributed by atoms with Crippen LogP contribution in [-0.4, -0.2) is 15.8 Å². The van der Waals surface area contributed by atoms with Crippen LogP contribution in [0.3, 0.4) is 0 Å². The van der Waals surface area contributed by atoms with Crippen LogP contribution in [-0.2, 0) is 19.3 Å². The van der Waals surface area contributed by atoms with Gasteiger partial charge in [0.2, 0.25) is 5.95 Å². The van der Waals surface area contributed by atoms with Crippen molar-refractivity contribution in [2.45, 2.75) is 46.0 Å². The molecule has 148 valence electrons. The van der Waals surface area contributed by atoms with Crippen molar-refractivity contribution in [3.63, 3.8) is 0 Å². The van der Waals surface area contributed by atoms with Gasteiger partial charge in [0.05, 0.1) is 11.3 Å². The van der Waals surface area contributed by atoms with Gasteiger partial charge in [0.1, 0.15) is 5.82 Å². The van der Waals surface area contributed by atoms with Crippen LogP contribution in [0, 0.1) is 0 Å². The molecule has 0 amide bonds. The van der Waals surface area contributed by atoms with E-state index in [2.05, 4.69) is 47.7 Å². The average Bonchev–Trinajstić information content (AvgIpc) is 2.74. The molecule has 5 heteroatoms. The third kappa shape index (κ3) is 4.14. The molecule has 0 saturated carbocycles. The maximum atomic E-state index is 12.7. The molecule has 0 unspecified atom stereocenters. The molecule has 1 aliphatic carbocycles.